The van der Waals surface area contributed by atoms with Crippen LogP contribution in [0.4, 0.5) is 0 Å². The van der Waals surface area contributed by atoms with Gasteiger partial charge in [0, 0.05) is 31.0 Å². The number of carbonyl (C=O) groups is 2. The van der Waals surface area contributed by atoms with Crippen molar-refractivity contribution < 1.29 is 14.7 Å². The van der Waals surface area contributed by atoms with Gasteiger partial charge < -0.3 is 15.3 Å². The number of piperidine rings is 1. The van der Waals surface area contributed by atoms with Crippen molar-refractivity contribution in [3.63, 3.8) is 0 Å². The predicted octanol–water partition coefficient (Wildman–Crippen LogP) is -0.117. The summed E-state index contributed by atoms with van der Waals surface area (Å²) in [4.78, 5) is 25.4. The fourth-order valence-electron chi connectivity index (χ4n) is 2.86. The zero-order valence-electron chi connectivity index (χ0n) is 10.3. The Hall–Kier alpha value is -1.10. The number of nitrogens with one attached hydrogen (secondary N) is 1. The van der Waals surface area contributed by atoms with Gasteiger partial charge in [-0.05, 0) is 26.7 Å². The Balaban J connectivity index is 2.02. The molecule has 2 heterocycles. The molecule has 0 radical (unpaired) electrons. The molecule has 2 N–H and O–H groups in total. The molecule has 96 valence electrons. The van der Waals surface area contributed by atoms with Gasteiger partial charge in [0.2, 0.25) is 11.8 Å². The summed E-state index contributed by atoms with van der Waals surface area (Å²) in [5, 5.41) is 12.4. The molecule has 0 saturated carbocycles. The molecule has 2 amide bonds. The first-order valence-corrected chi connectivity index (χ1v) is 6.25. The van der Waals surface area contributed by atoms with Crippen LogP contribution in [-0.2, 0) is 9.59 Å². The van der Waals surface area contributed by atoms with Crippen LogP contribution in [0.15, 0.2) is 0 Å². The lowest BCUT2D eigenvalue weighted by Gasteiger charge is -2.31. The number of β-amino-alcohol motifs (C(OH)–C–C–N with tert-alkyl or cyclic N) is 1. The molecule has 0 aliphatic carbocycles. The smallest absolute Gasteiger partial charge is 0.226 e. The van der Waals surface area contributed by atoms with Gasteiger partial charge in [0.25, 0.3) is 0 Å². The van der Waals surface area contributed by atoms with E-state index >= 15 is 0 Å². The van der Waals surface area contributed by atoms with Gasteiger partial charge in [-0.3, -0.25) is 9.59 Å². The van der Waals surface area contributed by atoms with Crippen LogP contribution >= 0.6 is 0 Å². The van der Waals surface area contributed by atoms with E-state index in [1.165, 1.54) is 0 Å². The molecular formula is C12H20N2O3. The lowest BCUT2D eigenvalue weighted by atomic mass is 9.91. The van der Waals surface area contributed by atoms with Crippen LogP contribution in [0.25, 0.3) is 0 Å². The van der Waals surface area contributed by atoms with Gasteiger partial charge in [0.05, 0.1) is 6.10 Å². The zero-order chi connectivity index (χ0) is 12.6. The molecule has 2 saturated heterocycles. The summed E-state index contributed by atoms with van der Waals surface area (Å²) in [6, 6.07) is 0.144. The quantitative estimate of drug-likeness (QED) is 0.671. The summed E-state index contributed by atoms with van der Waals surface area (Å²) in [5.74, 6) is -0.239. The molecule has 2 aliphatic heterocycles. The maximum absolute atomic E-state index is 12.3. The third kappa shape index (κ3) is 2.60. The Morgan fingerprint density at radius 1 is 1.41 bits per heavy atom. The minimum atomic E-state index is -0.413. The second kappa shape index (κ2) is 4.64. The van der Waals surface area contributed by atoms with E-state index in [1.54, 1.807) is 4.90 Å². The van der Waals surface area contributed by atoms with Crippen LogP contribution in [0.5, 0.6) is 0 Å². The lowest BCUT2D eigenvalue weighted by molar-refractivity contribution is -0.141. The van der Waals surface area contributed by atoms with Gasteiger partial charge in [-0.2, -0.15) is 0 Å². The number of hydrogen-bond donors (Lipinski definition) is 2. The summed E-state index contributed by atoms with van der Waals surface area (Å²) >= 11 is 0. The first-order chi connectivity index (χ1) is 7.97. The van der Waals surface area contributed by atoms with E-state index in [4.69, 9.17) is 0 Å². The van der Waals surface area contributed by atoms with Gasteiger partial charge in [0.1, 0.15) is 0 Å². The molecule has 0 spiro atoms. The van der Waals surface area contributed by atoms with Crippen LogP contribution < -0.4 is 5.32 Å². The van der Waals surface area contributed by atoms with E-state index in [1.807, 2.05) is 13.8 Å². The number of hydrogen-bond acceptors (Lipinski definition) is 3. The van der Waals surface area contributed by atoms with Crippen LogP contribution in [0.1, 0.15) is 33.1 Å². The molecule has 0 aromatic heterocycles. The molecule has 5 heteroatoms. The second-order valence-corrected chi connectivity index (χ2v) is 5.33. The maximum atomic E-state index is 12.3. The highest BCUT2D eigenvalue weighted by atomic mass is 16.3. The van der Waals surface area contributed by atoms with Gasteiger partial charge in [-0.15, -0.1) is 0 Å². The number of aliphatic hydroxyl groups is 1. The summed E-state index contributed by atoms with van der Waals surface area (Å²) in [7, 11) is 0. The molecular weight excluding hydrogens is 220 g/mol. The summed E-state index contributed by atoms with van der Waals surface area (Å²) < 4.78 is 0. The van der Waals surface area contributed by atoms with E-state index in [0.717, 1.165) is 0 Å². The van der Waals surface area contributed by atoms with Crippen LogP contribution in [0, 0.1) is 5.92 Å². The predicted molar refractivity (Wildman–Crippen MR) is 62.1 cm³/mol. The second-order valence-electron chi connectivity index (χ2n) is 5.33. The average molecular weight is 240 g/mol. The van der Waals surface area contributed by atoms with Crippen LogP contribution in [-0.4, -0.2) is 46.6 Å². The number of likely N-dealkylation sites (tertiary alicyclic amines) is 1. The Morgan fingerprint density at radius 2 is 2.12 bits per heavy atom. The minimum absolute atomic E-state index is 0.0238. The summed E-state index contributed by atoms with van der Waals surface area (Å²) in [6.45, 7) is 4.27. The molecule has 4 atom stereocenters. The average Bonchev–Trinajstić information content (AvgIpc) is 2.55. The van der Waals surface area contributed by atoms with Gasteiger partial charge in [-0.1, -0.05) is 0 Å². The fourth-order valence-corrected chi connectivity index (χ4v) is 2.86. The Kier molecular flexibility index (Phi) is 3.38. The van der Waals surface area contributed by atoms with Crippen molar-refractivity contribution in [2.75, 3.05) is 6.54 Å². The van der Waals surface area contributed by atoms with E-state index < -0.39 is 6.10 Å². The SMILES string of the molecule is CC1CC(C(=O)N2CC(O)CC2C)CC(=O)N1. The van der Waals surface area contributed by atoms with Gasteiger partial charge in [0.15, 0.2) is 0 Å². The number of nitrogens with zero attached hydrogens (tertiary/aromatic N) is 1. The van der Waals surface area contributed by atoms with Crippen molar-refractivity contribution in [3.8, 4) is 0 Å². The third-order valence-corrected chi connectivity index (χ3v) is 3.66. The largest absolute Gasteiger partial charge is 0.391 e. The molecule has 2 aliphatic rings. The zero-order valence-corrected chi connectivity index (χ0v) is 10.3. The molecule has 2 fully saturated rings. The third-order valence-electron chi connectivity index (χ3n) is 3.66. The number of carbonyl (C=O) groups excluding carboxylic acids is 2. The molecule has 4 unspecified atom stereocenters. The molecule has 5 nitrogen and oxygen atoms in total. The molecule has 17 heavy (non-hydrogen) atoms. The van der Waals surface area contributed by atoms with E-state index in [0.29, 0.717) is 19.4 Å². The van der Waals surface area contributed by atoms with E-state index in [-0.39, 0.29) is 36.2 Å². The van der Waals surface area contributed by atoms with Crippen molar-refractivity contribution in [2.45, 2.75) is 51.3 Å². The van der Waals surface area contributed by atoms with Gasteiger partial charge >= 0.3 is 0 Å². The van der Waals surface area contributed by atoms with Crippen molar-refractivity contribution in [1.29, 1.82) is 0 Å². The molecule has 0 aromatic carbocycles. The lowest BCUT2D eigenvalue weighted by Crippen LogP contribution is -2.47. The van der Waals surface area contributed by atoms with E-state index in [9.17, 15) is 14.7 Å². The minimum Gasteiger partial charge on any atom is -0.391 e. The van der Waals surface area contributed by atoms with Crippen molar-refractivity contribution in [3.05, 3.63) is 0 Å². The Bertz CT molecular complexity index is 332. The normalized spacial score (nSPS) is 38.1. The number of amides is 2. The van der Waals surface area contributed by atoms with Crippen molar-refractivity contribution in [2.24, 2.45) is 5.92 Å². The summed E-state index contributed by atoms with van der Waals surface area (Å²) in [5.41, 5.74) is 0. The fraction of sp³-hybridized carbons (Fsp3) is 0.833. The van der Waals surface area contributed by atoms with Crippen LogP contribution in [0.2, 0.25) is 0 Å². The van der Waals surface area contributed by atoms with Gasteiger partial charge in [-0.25, -0.2) is 0 Å². The summed E-state index contributed by atoms with van der Waals surface area (Å²) in [6.07, 6.45) is 1.20. The standard InChI is InChI=1S/C12H20N2O3/c1-7-3-9(5-11(16)13-7)12(17)14-6-10(15)4-8(14)2/h7-10,15H,3-6H2,1-2H3,(H,13,16). The maximum Gasteiger partial charge on any atom is 0.226 e. The molecule has 0 bridgehead atoms. The highest BCUT2D eigenvalue weighted by Gasteiger charge is 2.37. The highest BCUT2D eigenvalue weighted by Crippen LogP contribution is 2.25. The first kappa shape index (κ1) is 12.4. The monoisotopic (exact) mass is 240 g/mol. The first-order valence-electron chi connectivity index (χ1n) is 6.25. The molecule has 0 aromatic rings. The van der Waals surface area contributed by atoms with Crippen LogP contribution in [0.3, 0.4) is 0 Å². The van der Waals surface area contributed by atoms with Crippen molar-refractivity contribution >= 4 is 11.8 Å². The topological polar surface area (TPSA) is 69.6 Å². The highest BCUT2D eigenvalue weighted by molar-refractivity contribution is 5.87. The Labute approximate surface area is 101 Å². The number of aliphatic hydroxyl groups excluding tert-OH is 1. The number of rotatable bonds is 1. The van der Waals surface area contributed by atoms with Crippen molar-refractivity contribution in [1.82, 2.24) is 10.2 Å². The Morgan fingerprint density at radius 3 is 2.65 bits per heavy atom. The van der Waals surface area contributed by atoms with E-state index in [2.05, 4.69) is 5.32 Å². The molecule has 2 rings (SSSR count).